The number of hydrogen-bond acceptors (Lipinski definition) is 9. The van der Waals surface area contributed by atoms with Gasteiger partial charge in [0.15, 0.2) is 23.0 Å². The van der Waals surface area contributed by atoms with Gasteiger partial charge in [-0.2, -0.15) is 0 Å². The Labute approximate surface area is 190 Å². The van der Waals surface area contributed by atoms with Crippen LogP contribution in [0.15, 0.2) is 23.0 Å². The molecule has 0 radical (unpaired) electrons. The molecule has 10 heteroatoms. The van der Waals surface area contributed by atoms with Crippen LogP contribution in [0.2, 0.25) is 0 Å². The Morgan fingerprint density at radius 1 is 1.18 bits per heavy atom. The summed E-state index contributed by atoms with van der Waals surface area (Å²) < 4.78 is 14.5. The number of aromatic hydroxyl groups is 1. The maximum absolute atomic E-state index is 14.5. The number of phenols is 1. The number of phenolic OH excluding ortho intramolecular Hbond substituents is 1. The van der Waals surface area contributed by atoms with Crippen molar-refractivity contribution in [2.75, 3.05) is 39.6 Å². The van der Waals surface area contributed by atoms with Crippen LogP contribution in [-0.4, -0.2) is 83.3 Å². The molecule has 0 spiro atoms. The molecular weight excluding hydrogens is 433 g/mol. The number of likely N-dealkylation sites (N-methyl/N-ethyl adjacent to an activating group) is 1. The number of benzene rings is 1. The Morgan fingerprint density at radius 2 is 1.82 bits per heavy atom. The average Bonchev–Trinajstić information content (AvgIpc) is 2.73. The van der Waals surface area contributed by atoms with Gasteiger partial charge < -0.3 is 31.1 Å². The molecule has 4 atom stereocenters. The molecule has 0 aliphatic heterocycles. The number of aliphatic hydroxyl groups is 3. The van der Waals surface area contributed by atoms with Crippen molar-refractivity contribution in [1.82, 2.24) is 4.90 Å². The first-order valence-electron chi connectivity index (χ1n) is 10.6. The second kappa shape index (κ2) is 7.54. The van der Waals surface area contributed by atoms with Crippen LogP contribution >= 0.6 is 0 Å². The SMILES string of the molecule is CN(C)c1cc(F)c(O)c2c1C[C@H]1C[C@H]3C(N(C)C)C(=O)C(CN)=C(O)[C@]3(O)C(=O)C1=C2O. The highest BCUT2D eigenvalue weighted by atomic mass is 19.1. The number of nitrogens with zero attached hydrogens (tertiary/aromatic N) is 2. The Balaban J connectivity index is 1.99. The van der Waals surface area contributed by atoms with E-state index in [1.54, 1.807) is 38.0 Å². The second-order valence-electron chi connectivity index (χ2n) is 9.38. The standard InChI is InChI=1S/C23H28FN3O6/c1-26(2)14-7-13(24)19(29)16-10(14)5-9-6-12-17(27(3)4)18(28)11(8-25)21(31)23(12,33)22(32)15(9)20(16)30/h7,9,12,17,29-31,33H,5-6,8,25H2,1-4H3/t9-,12-,17?,23-/m0/s1. The molecule has 178 valence electrons. The van der Waals surface area contributed by atoms with E-state index in [9.17, 15) is 34.4 Å². The second-order valence-corrected chi connectivity index (χ2v) is 9.38. The molecule has 0 heterocycles. The molecule has 3 aliphatic rings. The number of anilines is 1. The molecule has 0 amide bonds. The molecule has 33 heavy (non-hydrogen) atoms. The van der Waals surface area contributed by atoms with Gasteiger partial charge in [-0.05, 0) is 38.4 Å². The number of rotatable bonds is 3. The molecule has 1 saturated carbocycles. The molecule has 3 aliphatic carbocycles. The van der Waals surface area contributed by atoms with Crippen LogP contribution in [0, 0.1) is 17.7 Å². The third kappa shape index (κ3) is 2.94. The fraction of sp³-hybridized carbons (Fsp3) is 0.478. The maximum Gasteiger partial charge on any atom is 0.202 e. The summed E-state index contributed by atoms with van der Waals surface area (Å²) in [6.45, 7) is -0.382. The number of carbonyl (C=O) groups excluding carboxylic acids is 2. The van der Waals surface area contributed by atoms with E-state index < -0.39 is 58.1 Å². The van der Waals surface area contributed by atoms with Crippen LogP contribution in [-0.2, 0) is 16.0 Å². The first-order valence-corrected chi connectivity index (χ1v) is 10.6. The van der Waals surface area contributed by atoms with Crippen molar-refractivity contribution in [1.29, 1.82) is 0 Å². The first kappa shape index (κ1) is 23.2. The number of aliphatic hydroxyl groups excluding tert-OH is 2. The summed E-state index contributed by atoms with van der Waals surface area (Å²) in [7, 11) is 6.64. The van der Waals surface area contributed by atoms with Gasteiger partial charge in [-0.25, -0.2) is 4.39 Å². The van der Waals surface area contributed by atoms with Gasteiger partial charge in [-0.3, -0.25) is 14.5 Å². The molecule has 0 aromatic heterocycles. The van der Waals surface area contributed by atoms with E-state index in [-0.39, 0.29) is 36.1 Å². The van der Waals surface area contributed by atoms with Crippen LogP contribution < -0.4 is 10.6 Å². The number of carbonyl (C=O) groups is 2. The number of Topliss-reactive ketones (excluding diaryl/α,β-unsaturated/α-hetero) is 2. The summed E-state index contributed by atoms with van der Waals surface area (Å²) in [6.07, 6.45) is 0.250. The minimum absolute atomic E-state index is 0.0859. The van der Waals surface area contributed by atoms with E-state index in [0.717, 1.165) is 6.07 Å². The summed E-state index contributed by atoms with van der Waals surface area (Å²) in [5, 5.41) is 43.8. The quantitative estimate of drug-likeness (QED) is 0.437. The normalized spacial score (nSPS) is 29.3. The topological polar surface area (TPSA) is 148 Å². The van der Waals surface area contributed by atoms with Gasteiger partial charge in [-0.1, -0.05) is 0 Å². The van der Waals surface area contributed by atoms with E-state index in [1.807, 2.05) is 0 Å². The highest BCUT2D eigenvalue weighted by molar-refractivity contribution is 6.14. The summed E-state index contributed by atoms with van der Waals surface area (Å²) in [5.74, 6) is -6.29. The zero-order valence-electron chi connectivity index (χ0n) is 18.9. The first-order chi connectivity index (χ1) is 15.4. The summed E-state index contributed by atoms with van der Waals surface area (Å²) >= 11 is 0. The minimum atomic E-state index is -2.48. The number of halogens is 1. The molecule has 6 N–H and O–H groups in total. The van der Waals surface area contributed by atoms with Gasteiger partial charge in [0.25, 0.3) is 0 Å². The lowest BCUT2D eigenvalue weighted by Crippen LogP contribution is -2.65. The van der Waals surface area contributed by atoms with Crippen molar-refractivity contribution in [2.24, 2.45) is 17.6 Å². The van der Waals surface area contributed by atoms with Gasteiger partial charge in [0.2, 0.25) is 5.78 Å². The maximum atomic E-state index is 14.5. The Hall–Kier alpha value is -2.95. The van der Waals surface area contributed by atoms with E-state index in [0.29, 0.717) is 11.3 Å². The van der Waals surface area contributed by atoms with Gasteiger partial charge in [-0.15, -0.1) is 0 Å². The Kier molecular flexibility index (Phi) is 5.31. The smallest absolute Gasteiger partial charge is 0.202 e. The molecule has 1 aromatic carbocycles. The zero-order chi connectivity index (χ0) is 24.6. The van der Waals surface area contributed by atoms with Crippen LogP contribution in [0.5, 0.6) is 5.75 Å². The van der Waals surface area contributed by atoms with Crippen molar-refractivity contribution in [3.63, 3.8) is 0 Å². The molecule has 9 nitrogen and oxygen atoms in total. The molecule has 1 unspecified atom stereocenters. The lowest BCUT2D eigenvalue weighted by Gasteiger charge is -2.50. The number of nitrogens with two attached hydrogens (primary N) is 1. The van der Waals surface area contributed by atoms with Crippen molar-refractivity contribution in [3.8, 4) is 5.75 Å². The van der Waals surface area contributed by atoms with Crippen molar-refractivity contribution in [3.05, 3.63) is 39.9 Å². The Morgan fingerprint density at radius 3 is 2.36 bits per heavy atom. The monoisotopic (exact) mass is 461 g/mol. The van der Waals surface area contributed by atoms with E-state index in [2.05, 4.69) is 0 Å². The third-order valence-electron chi connectivity index (χ3n) is 7.19. The summed E-state index contributed by atoms with van der Waals surface area (Å²) in [5.41, 5.74) is 3.39. The number of hydrogen-bond donors (Lipinski definition) is 5. The van der Waals surface area contributed by atoms with Crippen molar-refractivity contribution in [2.45, 2.75) is 24.5 Å². The lowest BCUT2D eigenvalue weighted by atomic mass is 9.57. The summed E-state index contributed by atoms with van der Waals surface area (Å²) in [6, 6.07) is 0.232. The summed E-state index contributed by atoms with van der Waals surface area (Å²) in [4.78, 5) is 29.9. The predicted molar refractivity (Wildman–Crippen MR) is 118 cm³/mol. The molecule has 0 bridgehead atoms. The van der Waals surface area contributed by atoms with Crippen LogP contribution in [0.4, 0.5) is 10.1 Å². The van der Waals surface area contributed by atoms with Crippen LogP contribution in [0.3, 0.4) is 0 Å². The zero-order valence-corrected chi connectivity index (χ0v) is 18.9. The predicted octanol–water partition coefficient (Wildman–Crippen LogP) is 0.643. The third-order valence-corrected chi connectivity index (χ3v) is 7.19. The molecule has 1 fully saturated rings. The van der Waals surface area contributed by atoms with Crippen molar-refractivity contribution < 1.29 is 34.4 Å². The van der Waals surface area contributed by atoms with Gasteiger partial charge >= 0.3 is 0 Å². The van der Waals surface area contributed by atoms with Gasteiger partial charge in [0.05, 0.1) is 17.2 Å². The van der Waals surface area contributed by atoms with Gasteiger partial charge in [0, 0.05) is 43.9 Å². The lowest BCUT2D eigenvalue weighted by molar-refractivity contribution is -0.153. The molecule has 4 rings (SSSR count). The molecular formula is C23H28FN3O6. The highest BCUT2D eigenvalue weighted by Gasteiger charge is 2.63. The number of fused-ring (bicyclic) bond motifs is 3. The highest BCUT2D eigenvalue weighted by Crippen LogP contribution is 2.53. The van der Waals surface area contributed by atoms with E-state index >= 15 is 0 Å². The van der Waals surface area contributed by atoms with E-state index in [1.165, 1.54) is 0 Å². The average molecular weight is 461 g/mol. The molecule has 0 saturated heterocycles. The number of ketones is 2. The van der Waals surface area contributed by atoms with Crippen molar-refractivity contribution >= 4 is 23.0 Å². The van der Waals surface area contributed by atoms with Crippen LogP contribution in [0.1, 0.15) is 17.5 Å². The molecule has 1 aromatic rings. The van der Waals surface area contributed by atoms with E-state index in [4.69, 9.17) is 5.73 Å². The Bertz CT molecular complexity index is 1140. The minimum Gasteiger partial charge on any atom is -0.508 e. The van der Waals surface area contributed by atoms with Gasteiger partial charge in [0.1, 0.15) is 11.5 Å². The fourth-order valence-electron chi connectivity index (χ4n) is 5.69. The largest absolute Gasteiger partial charge is 0.508 e. The van der Waals surface area contributed by atoms with Crippen LogP contribution in [0.25, 0.3) is 5.76 Å². The fourth-order valence-corrected chi connectivity index (χ4v) is 5.69.